The summed E-state index contributed by atoms with van der Waals surface area (Å²) >= 11 is 0. The molecule has 3 aromatic carbocycles. The number of carbonyl (C=O) groups is 1. The number of fused-ring (bicyclic) bond motifs is 1. The molecule has 0 saturated carbocycles. The van der Waals surface area contributed by atoms with Gasteiger partial charge in [-0.1, -0.05) is 54.6 Å². The number of rotatable bonds is 4. The van der Waals surface area contributed by atoms with E-state index in [9.17, 15) is 9.18 Å². The van der Waals surface area contributed by atoms with E-state index in [0.29, 0.717) is 5.56 Å². The first-order valence-electron chi connectivity index (χ1n) is 8.77. The molecule has 1 heterocycles. The Morgan fingerprint density at radius 2 is 1.59 bits per heavy atom. The van der Waals surface area contributed by atoms with E-state index in [4.69, 9.17) is 0 Å². The maximum Gasteiger partial charge on any atom is 0.161 e. The van der Waals surface area contributed by atoms with Crippen LogP contribution in [0.4, 0.5) is 4.39 Å². The Hall–Kier alpha value is -3.46. The van der Waals surface area contributed by atoms with Gasteiger partial charge in [0, 0.05) is 16.6 Å². The van der Waals surface area contributed by atoms with Gasteiger partial charge in [-0.25, -0.2) is 4.39 Å². The number of hydrogen-bond acceptors (Lipinski definition) is 1. The first-order valence-corrected chi connectivity index (χ1v) is 8.77. The third-order valence-corrected chi connectivity index (χ3v) is 4.55. The molecule has 132 valence electrons. The van der Waals surface area contributed by atoms with Crippen LogP contribution < -0.4 is 0 Å². The molecular weight excluding hydrogens is 337 g/mol. The van der Waals surface area contributed by atoms with Crippen LogP contribution in [0, 0.1) is 5.82 Å². The molecule has 4 rings (SSSR count). The van der Waals surface area contributed by atoms with Crippen molar-refractivity contribution in [1.29, 1.82) is 0 Å². The largest absolute Gasteiger partial charge is 0.354 e. The standard InChI is InChI=1S/C24H18FNO/c1-16(27)22-14-18(8-7-17-9-11-21(25)12-10-17)13-20-15-23(26-24(20)22)19-5-3-2-4-6-19/h2-15,26H,1H3/b8-7+. The van der Waals surface area contributed by atoms with Gasteiger partial charge >= 0.3 is 0 Å². The molecule has 1 aromatic heterocycles. The number of Topliss-reactive ketones (excluding diaryl/α,β-unsaturated/α-hetero) is 1. The molecule has 0 aliphatic rings. The normalized spacial score (nSPS) is 11.3. The minimum absolute atomic E-state index is 0.0125. The highest BCUT2D eigenvalue weighted by Gasteiger charge is 2.11. The van der Waals surface area contributed by atoms with E-state index in [1.54, 1.807) is 19.1 Å². The molecule has 0 spiro atoms. The minimum atomic E-state index is -0.256. The van der Waals surface area contributed by atoms with Gasteiger partial charge in [0.15, 0.2) is 5.78 Å². The van der Waals surface area contributed by atoms with E-state index in [1.807, 2.05) is 54.6 Å². The zero-order valence-electron chi connectivity index (χ0n) is 14.9. The summed E-state index contributed by atoms with van der Waals surface area (Å²) in [4.78, 5) is 15.6. The van der Waals surface area contributed by atoms with Crippen molar-refractivity contribution in [3.05, 3.63) is 95.3 Å². The molecule has 0 unspecified atom stereocenters. The molecule has 0 amide bonds. The molecule has 0 atom stereocenters. The van der Waals surface area contributed by atoms with Crippen molar-refractivity contribution in [2.45, 2.75) is 6.92 Å². The van der Waals surface area contributed by atoms with Crippen LogP contribution in [0.3, 0.4) is 0 Å². The monoisotopic (exact) mass is 355 g/mol. The Morgan fingerprint density at radius 1 is 0.889 bits per heavy atom. The number of aromatic amines is 1. The minimum Gasteiger partial charge on any atom is -0.354 e. The van der Waals surface area contributed by atoms with Gasteiger partial charge in [0.05, 0.1) is 5.52 Å². The maximum absolute atomic E-state index is 13.0. The molecule has 2 nitrogen and oxygen atoms in total. The number of carbonyl (C=O) groups excluding carboxylic acids is 1. The number of H-pyrrole nitrogens is 1. The van der Waals surface area contributed by atoms with Crippen LogP contribution >= 0.6 is 0 Å². The van der Waals surface area contributed by atoms with E-state index in [2.05, 4.69) is 11.1 Å². The number of nitrogens with one attached hydrogen (secondary N) is 1. The molecule has 0 aliphatic heterocycles. The van der Waals surface area contributed by atoms with Crippen molar-refractivity contribution in [3.63, 3.8) is 0 Å². The molecule has 3 heteroatoms. The van der Waals surface area contributed by atoms with Crippen molar-refractivity contribution >= 4 is 28.8 Å². The number of halogens is 1. The van der Waals surface area contributed by atoms with Crippen molar-refractivity contribution in [2.75, 3.05) is 0 Å². The quantitative estimate of drug-likeness (QED) is 0.336. The van der Waals surface area contributed by atoms with Gasteiger partial charge in [0.2, 0.25) is 0 Å². The zero-order chi connectivity index (χ0) is 18.8. The van der Waals surface area contributed by atoms with Gasteiger partial charge in [-0.15, -0.1) is 0 Å². The molecule has 0 fully saturated rings. The predicted octanol–water partition coefficient (Wildman–Crippen LogP) is 6.35. The van der Waals surface area contributed by atoms with E-state index in [0.717, 1.165) is 33.3 Å². The first kappa shape index (κ1) is 17.0. The fourth-order valence-corrected chi connectivity index (χ4v) is 3.18. The van der Waals surface area contributed by atoms with Crippen molar-refractivity contribution in [1.82, 2.24) is 4.98 Å². The van der Waals surface area contributed by atoms with Gasteiger partial charge < -0.3 is 4.98 Å². The summed E-state index contributed by atoms with van der Waals surface area (Å²) in [5, 5.41) is 0.986. The van der Waals surface area contributed by atoms with Crippen LogP contribution in [0.2, 0.25) is 0 Å². The summed E-state index contributed by atoms with van der Waals surface area (Å²) in [5.74, 6) is -0.244. The summed E-state index contributed by atoms with van der Waals surface area (Å²) in [6.07, 6.45) is 3.85. The fourth-order valence-electron chi connectivity index (χ4n) is 3.18. The van der Waals surface area contributed by atoms with Crippen LogP contribution in [0.15, 0.2) is 72.8 Å². The van der Waals surface area contributed by atoms with Crippen molar-refractivity contribution < 1.29 is 9.18 Å². The van der Waals surface area contributed by atoms with Crippen LogP contribution in [0.5, 0.6) is 0 Å². The summed E-state index contributed by atoms with van der Waals surface area (Å²) in [7, 11) is 0. The summed E-state index contributed by atoms with van der Waals surface area (Å²) in [6.45, 7) is 1.57. The Morgan fingerprint density at radius 3 is 2.30 bits per heavy atom. The van der Waals surface area contributed by atoms with Crippen LogP contribution in [0.25, 0.3) is 34.3 Å². The molecule has 0 saturated heterocycles. The molecule has 4 aromatic rings. The molecule has 27 heavy (non-hydrogen) atoms. The Labute approximate surface area is 157 Å². The topological polar surface area (TPSA) is 32.9 Å². The lowest BCUT2D eigenvalue weighted by Crippen LogP contribution is -1.94. The van der Waals surface area contributed by atoms with Gasteiger partial charge in [-0.05, 0) is 53.9 Å². The fraction of sp³-hybridized carbons (Fsp3) is 0.0417. The second-order valence-electron chi connectivity index (χ2n) is 6.52. The van der Waals surface area contributed by atoms with E-state index in [1.165, 1.54) is 12.1 Å². The number of hydrogen-bond donors (Lipinski definition) is 1. The Balaban J connectivity index is 1.78. The lowest BCUT2D eigenvalue weighted by Gasteiger charge is -2.02. The van der Waals surface area contributed by atoms with Gasteiger partial charge in [-0.3, -0.25) is 4.79 Å². The summed E-state index contributed by atoms with van der Waals surface area (Å²) in [5.41, 5.74) is 5.39. The van der Waals surface area contributed by atoms with Crippen LogP contribution in [0.1, 0.15) is 28.4 Å². The molecule has 1 N–H and O–H groups in total. The van der Waals surface area contributed by atoms with Crippen molar-refractivity contribution in [3.8, 4) is 11.3 Å². The van der Waals surface area contributed by atoms with Gasteiger partial charge in [0.1, 0.15) is 5.82 Å². The van der Waals surface area contributed by atoms with E-state index in [-0.39, 0.29) is 11.6 Å². The average molecular weight is 355 g/mol. The van der Waals surface area contributed by atoms with E-state index < -0.39 is 0 Å². The van der Waals surface area contributed by atoms with Gasteiger partial charge in [-0.2, -0.15) is 0 Å². The lowest BCUT2D eigenvalue weighted by atomic mass is 10.0. The highest BCUT2D eigenvalue weighted by atomic mass is 19.1. The SMILES string of the molecule is CC(=O)c1cc(/C=C/c2ccc(F)cc2)cc2cc(-c3ccccc3)[nH]c12. The highest BCUT2D eigenvalue weighted by molar-refractivity contribution is 6.07. The number of aromatic nitrogens is 1. The number of benzene rings is 3. The Bertz CT molecular complexity index is 1140. The summed E-state index contributed by atoms with van der Waals surface area (Å²) in [6, 6.07) is 22.3. The smallest absolute Gasteiger partial charge is 0.161 e. The molecule has 0 radical (unpaired) electrons. The van der Waals surface area contributed by atoms with Crippen LogP contribution in [-0.2, 0) is 0 Å². The second kappa shape index (κ2) is 7.04. The zero-order valence-corrected chi connectivity index (χ0v) is 14.9. The second-order valence-corrected chi connectivity index (χ2v) is 6.52. The lowest BCUT2D eigenvalue weighted by molar-refractivity contribution is 0.101. The Kier molecular flexibility index (Phi) is 4.43. The highest BCUT2D eigenvalue weighted by Crippen LogP contribution is 2.28. The molecule has 0 bridgehead atoms. The van der Waals surface area contributed by atoms with Gasteiger partial charge in [0.25, 0.3) is 0 Å². The van der Waals surface area contributed by atoms with E-state index >= 15 is 0 Å². The average Bonchev–Trinajstić information content (AvgIpc) is 3.11. The summed E-state index contributed by atoms with van der Waals surface area (Å²) < 4.78 is 13.0. The maximum atomic E-state index is 13.0. The third-order valence-electron chi connectivity index (χ3n) is 4.55. The van der Waals surface area contributed by atoms with Crippen molar-refractivity contribution in [2.24, 2.45) is 0 Å². The van der Waals surface area contributed by atoms with Crippen LogP contribution in [-0.4, -0.2) is 10.8 Å². The molecule has 0 aliphatic carbocycles. The molecular formula is C24H18FNO. The first-order chi connectivity index (χ1) is 13.1. The third kappa shape index (κ3) is 3.58. The predicted molar refractivity (Wildman–Crippen MR) is 109 cm³/mol. The number of ketones is 1.